The van der Waals surface area contributed by atoms with E-state index < -0.39 is 16.6 Å². The van der Waals surface area contributed by atoms with Crippen LogP contribution < -0.4 is 33.1 Å². The molecule has 6 heteroatoms. The van der Waals surface area contributed by atoms with E-state index in [1.54, 1.807) is 0 Å². The normalized spacial score (nSPS) is 11.6. The van der Waals surface area contributed by atoms with Crippen molar-refractivity contribution in [3.63, 3.8) is 0 Å². The molecule has 152 valence electrons. The molecule has 0 aliphatic heterocycles. The summed E-state index contributed by atoms with van der Waals surface area (Å²) in [5.41, 5.74) is 4.81. The second-order valence-corrected chi connectivity index (χ2v) is 17.0. The maximum Gasteiger partial charge on any atom is 0.248 e. The van der Waals surface area contributed by atoms with Crippen LogP contribution in [-0.2, 0) is 16.5 Å². The Hall–Kier alpha value is -1.10. The van der Waals surface area contributed by atoms with Crippen molar-refractivity contribution in [2.75, 3.05) is 0 Å². The summed E-state index contributed by atoms with van der Waals surface area (Å²) in [6, 6.07) is 8.53. The zero-order valence-corrected chi connectivity index (χ0v) is 22.3. The van der Waals surface area contributed by atoms with Crippen molar-refractivity contribution in [1.82, 2.24) is 0 Å². The molecule has 0 radical (unpaired) electrons. The highest BCUT2D eigenvalue weighted by molar-refractivity contribution is 6.83. The van der Waals surface area contributed by atoms with Crippen LogP contribution in [0, 0.1) is 13.8 Å². The maximum atomic E-state index is 6.87. The van der Waals surface area contributed by atoms with Crippen LogP contribution >= 0.6 is 0 Å². The highest BCUT2D eigenvalue weighted by Gasteiger charge is 2.40. The third-order valence-electron chi connectivity index (χ3n) is 4.68. The summed E-state index contributed by atoms with van der Waals surface area (Å²) in [7, 11) is -3.77. The molecule has 0 aliphatic rings. The zero-order valence-electron chi connectivity index (χ0n) is 18.1. The van der Waals surface area contributed by atoms with Gasteiger partial charge in [0.2, 0.25) is 16.6 Å². The number of hydrogen-bond donors (Lipinski definition) is 0. The van der Waals surface area contributed by atoms with Crippen molar-refractivity contribution < 1.29 is 37.2 Å². The first kappa shape index (κ1) is 24.9. The SMILES string of the molecule is C=Cc1ccc(C)[n+](C[Si](C)(C)O[Si](C)(C)C[n+]2cc(C=C)ccc2C)c1.[I-]. The molecular weight excluding hydrogens is 491 g/mol. The van der Waals surface area contributed by atoms with Crippen LogP contribution in [0.4, 0.5) is 0 Å². The monoisotopic (exact) mass is 525 g/mol. The summed E-state index contributed by atoms with van der Waals surface area (Å²) in [5.74, 6) is 0. The first-order valence-corrected chi connectivity index (χ1v) is 15.7. The largest absolute Gasteiger partial charge is 1.00 e. The highest BCUT2D eigenvalue weighted by Crippen LogP contribution is 2.16. The van der Waals surface area contributed by atoms with Gasteiger partial charge in [-0.25, -0.2) is 9.13 Å². The van der Waals surface area contributed by atoms with E-state index in [1.807, 2.05) is 12.2 Å². The third kappa shape index (κ3) is 7.06. The molecule has 0 aliphatic carbocycles. The Morgan fingerprint density at radius 1 is 0.786 bits per heavy atom. The molecule has 0 spiro atoms. The van der Waals surface area contributed by atoms with Gasteiger partial charge in [-0.2, -0.15) is 0 Å². The van der Waals surface area contributed by atoms with Gasteiger partial charge in [0.05, 0.1) is 0 Å². The van der Waals surface area contributed by atoms with Crippen LogP contribution in [0.1, 0.15) is 22.5 Å². The van der Waals surface area contributed by atoms with Gasteiger partial charge in [0, 0.05) is 37.1 Å². The lowest BCUT2D eigenvalue weighted by molar-refractivity contribution is -0.689. The summed E-state index contributed by atoms with van der Waals surface area (Å²) in [5, 5.41) is 0. The van der Waals surface area contributed by atoms with E-state index >= 15 is 0 Å². The predicted molar refractivity (Wildman–Crippen MR) is 119 cm³/mol. The Kier molecular flexibility index (Phi) is 8.99. The zero-order chi connectivity index (χ0) is 20.2. The van der Waals surface area contributed by atoms with Crippen LogP contribution in [0.15, 0.2) is 49.8 Å². The Bertz CT molecular complexity index is 781. The van der Waals surface area contributed by atoms with Gasteiger partial charge in [-0.15, -0.1) is 0 Å². The van der Waals surface area contributed by atoms with Crippen LogP contribution in [0.3, 0.4) is 0 Å². The Morgan fingerprint density at radius 3 is 1.46 bits per heavy atom. The van der Waals surface area contributed by atoms with Crippen molar-refractivity contribution in [3.05, 3.63) is 72.3 Å². The lowest BCUT2D eigenvalue weighted by Crippen LogP contribution is -3.00. The van der Waals surface area contributed by atoms with Gasteiger partial charge in [0.25, 0.3) is 0 Å². The van der Waals surface area contributed by atoms with Crippen molar-refractivity contribution in [1.29, 1.82) is 0 Å². The molecule has 0 saturated heterocycles. The predicted octanol–water partition coefficient (Wildman–Crippen LogP) is 1.37. The second-order valence-electron chi connectivity index (χ2n) is 8.49. The number of pyridine rings is 2. The molecule has 0 bridgehead atoms. The van der Waals surface area contributed by atoms with Crippen LogP contribution in [0.5, 0.6) is 0 Å². The average Bonchev–Trinajstić information content (AvgIpc) is 2.57. The van der Waals surface area contributed by atoms with Crippen molar-refractivity contribution >= 4 is 28.8 Å². The van der Waals surface area contributed by atoms with Crippen molar-refractivity contribution in [2.45, 2.75) is 52.4 Å². The Labute approximate surface area is 190 Å². The van der Waals surface area contributed by atoms with Gasteiger partial charge in [0.1, 0.15) is 0 Å². The first-order chi connectivity index (χ1) is 12.5. The van der Waals surface area contributed by atoms with Gasteiger partial charge in [-0.05, 0) is 38.3 Å². The van der Waals surface area contributed by atoms with Crippen LogP contribution in [0.2, 0.25) is 26.2 Å². The van der Waals surface area contributed by atoms with E-state index in [-0.39, 0.29) is 24.0 Å². The van der Waals surface area contributed by atoms with E-state index in [9.17, 15) is 0 Å². The molecule has 2 heterocycles. The van der Waals surface area contributed by atoms with Crippen LogP contribution in [0.25, 0.3) is 12.2 Å². The molecule has 0 amide bonds. The van der Waals surface area contributed by atoms with Crippen LogP contribution in [-0.4, -0.2) is 16.6 Å². The highest BCUT2D eigenvalue weighted by atomic mass is 127. The molecular formula is C22H34IN2OSi2+. The number of halogens is 1. The fourth-order valence-electron chi connectivity index (χ4n) is 3.49. The van der Waals surface area contributed by atoms with Gasteiger partial charge in [0.15, 0.2) is 36.1 Å². The van der Waals surface area contributed by atoms with Crippen molar-refractivity contribution in [2.24, 2.45) is 0 Å². The standard InChI is InChI=1S/C22H34N2OSi2.HI/c1-9-21-13-11-19(3)23(15-21)17-26(5,6)25-27(7,8)18-24-16-22(10-2)14-12-20(24)4;/h9-16H,1-2,17-18H2,3-8H3;1H/q+2;/p-1. The van der Waals surface area contributed by atoms with Gasteiger partial charge < -0.3 is 28.1 Å². The smallest absolute Gasteiger partial charge is 0.248 e. The quantitative estimate of drug-likeness (QED) is 0.289. The minimum Gasteiger partial charge on any atom is -1.00 e. The Morgan fingerprint density at radius 2 is 1.14 bits per heavy atom. The molecule has 0 saturated carbocycles. The minimum absolute atomic E-state index is 0. The lowest BCUT2D eigenvalue weighted by Gasteiger charge is -2.30. The molecule has 3 nitrogen and oxygen atoms in total. The molecule has 2 rings (SSSR count). The molecule has 28 heavy (non-hydrogen) atoms. The minimum atomic E-state index is -1.88. The van der Waals surface area contributed by atoms with Gasteiger partial charge >= 0.3 is 0 Å². The fraction of sp³-hybridized carbons (Fsp3) is 0.364. The van der Waals surface area contributed by atoms with E-state index in [1.165, 1.54) is 11.4 Å². The average molecular weight is 526 g/mol. The first-order valence-electron chi connectivity index (χ1n) is 9.50. The van der Waals surface area contributed by atoms with Gasteiger partial charge in [-0.3, -0.25) is 0 Å². The molecule has 0 unspecified atom stereocenters. The number of rotatable bonds is 8. The Balaban J connectivity index is 0.00000392. The van der Waals surface area contributed by atoms with E-state index in [2.05, 4.69) is 99.0 Å². The third-order valence-corrected chi connectivity index (χ3v) is 11.3. The lowest BCUT2D eigenvalue weighted by atomic mass is 10.2. The van der Waals surface area contributed by atoms with E-state index in [0.717, 1.165) is 23.5 Å². The van der Waals surface area contributed by atoms with E-state index in [4.69, 9.17) is 4.12 Å². The summed E-state index contributed by atoms with van der Waals surface area (Å²) in [6.45, 7) is 21.4. The summed E-state index contributed by atoms with van der Waals surface area (Å²) < 4.78 is 11.5. The topological polar surface area (TPSA) is 17.0 Å². The second kappa shape index (κ2) is 10.1. The number of nitrogens with zero attached hydrogens (tertiary/aromatic N) is 2. The number of aromatic nitrogens is 2. The van der Waals surface area contributed by atoms with Crippen molar-refractivity contribution in [3.8, 4) is 0 Å². The van der Waals surface area contributed by atoms with Gasteiger partial charge in [-0.1, -0.05) is 25.3 Å². The summed E-state index contributed by atoms with van der Waals surface area (Å²) in [6.07, 6.45) is 10.1. The summed E-state index contributed by atoms with van der Waals surface area (Å²) in [4.78, 5) is 0. The molecule has 0 aromatic carbocycles. The summed E-state index contributed by atoms with van der Waals surface area (Å²) >= 11 is 0. The van der Waals surface area contributed by atoms with E-state index in [0.29, 0.717) is 0 Å². The maximum absolute atomic E-state index is 6.87. The molecule has 2 aromatic heterocycles. The molecule has 0 fully saturated rings. The molecule has 0 atom stereocenters. The number of aryl methyl sites for hydroxylation is 2. The molecule has 2 aromatic rings. The fourth-order valence-corrected chi connectivity index (χ4v) is 12.3. The number of hydrogen-bond acceptors (Lipinski definition) is 1. The molecule has 0 N–H and O–H groups in total.